The summed E-state index contributed by atoms with van der Waals surface area (Å²) in [6.45, 7) is 4.07. The lowest BCUT2D eigenvalue weighted by Gasteiger charge is -2.36. The maximum absolute atomic E-state index is 13.7. The van der Waals surface area contributed by atoms with Crippen molar-refractivity contribution in [2.24, 2.45) is 17.8 Å². The number of pyridine rings is 1. The molecule has 1 heterocycles. The molecule has 10 nitrogen and oxygen atoms in total. The lowest BCUT2D eigenvalue weighted by molar-refractivity contribution is -0.137. The van der Waals surface area contributed by atoms with Crippen LogP contribution in [0.15, 0.2) is 72.9 Å². The van der Waals surface area contributed by atoms with Gasteiger partial charge in [0.1, 0.15) is 25.1 Å². The van der Waals surface area contributed by atoms with E-state index in [1.807, 2.05) is 68.4 Å². The number of carbonyl (C=O) groups excluding carboxylic acids is 2. The number of hydrogen-bond donors (Lipinski definition) is 5. The Morgan fingerprint density at radius 2 is 1.60 bits per heavy atom. The summed E-state index contributed by atoms with van der Waals surface area (Å²) in [5.74, 6) is -1.12. The number of ether oxygens (including phenoxy) is 2. The van der Waals surface area contributed by atoms with E-state index >= 15 is 0 Å². The highest BCUT2D eigenvalue weighted by Gasteiger charge is 2.42. The van der Waals surface area contributed by atoms with Crippen LogP contribution < -0.4 is 20.1 Å². The molecule has 6 atom stereocenters. The first kappa shape index (κ1) is 35.3. The maximum Gasteiger partial charge on any atom is 0.274 e. The van der Waals surface area contributed by atoms with Gasteiger partial charge in [0.25, 0.3) is 5.91 Å². The molecule has 10 heteroatoms. The molecule has 0 saturated heterocycles. The van der Waals surface area contributed by atoms with Gasteiger partial charge in [0.2, 0.25) is 5.91 Å². The Labute approximate surface area is 282 Å². The fraction of sp³-hybridized carbons (Fsp3) is 0.500. The van der Waals surface area contributed by atoms with Crippen molar-refractivity contribution in [3.63, 3.8) is 0 Å². The largest absolute Gasteiger partial charge is 0.490 e. The molecular weight excluding hydrogens is 610 g/mol. The molecule has 258 valence electrons. The van der Waals surface area contributed by atoms with Crippen LogP contribution >= 0.6 is 0 Å². The van der Waals surface area contributed by atoms with Crippen molar-refractivity contribution >= 4 is 11.8 Å². The fourth-order valence-electron chi connectivity index (χ4n) is 7.11. The molecule has 2 aromatic carbocycles. The van der Waals surface area contributed by atoms with E-state index in [0.29, 0.717) is 18.6 Å². The number of aliphatic hydroxyl groups is 3. The molecule has 2 aliphatic carbocycles. The van der Waals surface area contributed by atoms with Crippen LogP contribution in [0, 0.1) is 17.8 Å². The molecule has 2 aliphatic rings. The molecule has 2 amide bonds. The molecule has 0 aliphatic heterocycles. The van der Waals surface area contributed by atoms with Crippen molar-refractivity contribution in [2.75, 3.05) is 13.2 Å². The zero-order valence-corrected chi connectivity index (χ0v) is 27.8. The van der Waals surface area contributed by atoms with Crippen LogP contribution in [0.25, 0.3) is 0 Å². The van der Waals surface area contributed by atoms with Crippen LogP contribution in [-0.4, -0.2) is 69.7 Å². The van der Waals surface area contributed by atoms with E-state index in [1.54, 1.807) is 12.1 Å². The molecule has 3 aromatic rings. The normalized spacial score (nSPS) is 20.3. The Morgan fingerprint density at radius 3 is 2.35 bits per heavy atom. The van der Waals surface area contributed by atoms with Gasteiger partial charge in [-0.25, -0.2) is 4.98 Å². The smallest absolute Gasteiger partial charge is 0.274 e. The van der Waals surface area contributed by atoms with E-state index in [-0.39, 0.29) is 36.5 Å². The first-order chi connectivity index (χ1) is 23.2. The van der Waals surface area contributed by atoms with Gasteiger partial charge in [-0.2, -0.15) is 0 Å². The number of hydrogen-bond acceptors (Lipinski definition) is 8. The molecule has 0 bridgehead atoms. The number of benzene rings is 2. The molecule has 1 saturated carbocycles. The highest BCUT2D eigenvalue weighted by Crippen LogP contribution is 2.33. The number of aromatic nitrogens is 1. The second kappa shape index (κ2) is 16.9. The molecular formula is C38H49N3O7. The summed E-state index contributed by atoms with van der Waals surface area (Å²) in [4.78, 5) is 31.8. The minimum absolute atomic E-state index is 0.0552. The minimum atomic E-state index is -1.48. The predicted molar refractivity (Wildman–Crippen MR) is 181 cm³/mol. The lowest BCUT2D eigenvalue weighted by Crippen LogP contribution is -2.55. The van der Waals surface area contributed by atoms with Gasteiger partial charge in [0.05, 0.1) is 30.2 Å². The standard InChI is InChI=1S/C38H49N3O7/c1-24(2)32(37(45)41-33-28-17-10-9-14-26(28)23-30(33)42)36(44)35(43)29(22-25-12-5-3-6-13-25)40-38(46)34-31(18-11-19-39-34)48-21-20-47-27-15-7-4-8-16-27/h4,7-11,14-19,24-25,29-30,32-33,35-36,42-44H,3,5-6,12-13,20-23H2,1-2H3,(H,40,46)(H,41,45)/t29-,30?,32+,33-,35+,36+/m0/s1. The van der Waals surface area contributed by atoms with E-state index in [9.17, 15) is 24.9 Å². The monoisotopic (exact) mass is 659 g/mol. The average molecular weight is 660 g/mol. The summed E-state index contributed by atoms with van der Waals surface area (Å²) in [7, 11) is 0. The van der Waals surface area contributed by atoms with Gasteiger partial charge in [-0.15, -0.1) is 0 Å². The summed E-state index contributed by atoms with van der Waals surface area (Å²) < 4.78 is 11.6. The number of nitrogens with one attached hydrogen (secondary N) is 2. The lowest BCUT2D eigenvalue weighted by atomic mass is 9.79. The van der Waals surface area contributed by atoms with E-state index in [1.165, 1.54) is 6.20 Å². The summed E-state index contributed by atoms with van der Waals surface area (Å²) in [5.41, 5.74) is 1.87. The predicted octanol–water partition coefficient (Wildman–Crippen LogP) is 4.38. The molecule has 0 radical (unpaired) electrons. The number of para-hydroxylation sites is 1. The van der Waals surface area contributed by atoms with Crippen LogP contribution in [-0.2, 0) is 11.2 Å². The van der Waals surface area contributed by atoms with E-state index in [0.717, 1.165) is 43.2 Å². The van der Waals surface area contributed by atoms with Crippen LogP contribution in [0.4, 0.5) is 0 Å². The van der Waals surface area contributed by atoms with Crippen molar-refractivity contribution in [2.45, 2.75) is 89.2 Å². The van der Waals surface area contributed by atoms with Crippen molar-refractivity contribution < 1.29 is 34.4 Å². The molecule has 48 heavy (non-hydrogen) atoms. The molecule has 5 N–H and O–H groups in total. The fourth-order valence-corrected chi connectivity index (χ4v) is 7.11. The second-order valence-corrected chi connectivity index (χ2v) is 13.4. The number of fused-ring (bicyclic) bond motifs is 1. The zero-order chi connectivity index (χ0) is 34.0. The van der Waals surface area contributed by atoms with Gasteiger partial charge < -0.3 is 35.4 Å². The van der Waals surface area contributed by atoms with Crippen LogP contribution in [0.3, 0.4) is 0 Å². The summed E-state index contributed by atoms with van der Waals surface area (Å²) >= 11 is 0. The Hall–Kier alpha value is -3.99. The quantitative estimate of drug-likeness (QED) is 0.151. The minimum Gasteiger partial charge on any atom is -0.490 e. The molecule has 0 spiro atoms. The second-order valence-electron chi connectivity index (χ2n) is 13.4. The first-order valence-electron chi connectivity index (χ1n) is 17.2. The number of rotatable bonds is 15. The van der Waals surface area contributed by atoms with Crippen LogP contribution in [0.1, 0.15) is 80.0 Å². The van der Waals surface area contributed by atoms with Gasteiger partial charge >= 0.3 is 0 Å². The molecule has 1 aromatic heterocycles. The van der Waals surface area contributed by atoms with Gasteiger partial charge in [-0.3, -0.25) is 9.59 Å². The van der Waals surface area contributed by atoms with Gasteiger partial charge in [-0.05, 0) is 53.6 Å². The Bertz CT molecular complexity index is 1480. The van der Waals surface area contributed by atoms with Gasteiger partial charge in [0, 0.05) is 12.6 Å². The summed E-state index contributed by atoms with van der Waals surface area (Å²) in [5, 5.41) is 40.0. The molecule has 1 fully saturated rings. The average Bonchev–Trinajstić information content (AvgIpc) is 3.41. The Kier molecular flexibility index (Phi) is 12.4. The topological polar surface area (TPSA) is 150 Å². The van der Waals surface area contributed by atoms with Crippen molar-refractivity contribution in [1.29, 1.82) is 0 Å². The van der Waals surface area contributed by atoms with Crippen LogP contribution in [0.2, 0.25) is 0 Å². The third-order valence-corrected chi connectivity index (χ3v) is 9.62. The Morgan fingerprint density at radius 1 is 0.896 bits per heavy atom. The number of aliphatic hydroxyl groups excluding tert-OH is 3. The zero-order valence-electron chi connectivity index (χ0n) is 27.8. The number of nitrogens with zero attached hydrogens (tertiary/aromatic N) is 1. The third kappa shape index (κ3) is 8.92. The number of amides is 2. The first-order valence-corrected chi connectivity index (χ1v) is 17.2. The van der Waals surface area contributed by atoms with Gasteiger partial charge in [-0.1, -0.05) is 88.4 Å². The number of carbonyl (C=O) groups is 2. The van der Waals surface area contributed by atoms with Crippen molar-refractivity contribution in [3.05, 3.63) is 89.7 Å². The highest BCUT2D eigenvalue weighted by molar-refractivity contribution is 5.95. The van der Waals surface area contributed by atoms with E-state index in [4.69, 9.17) is 9.47 Å². The Balaban J connectivity index is 1.29. The van der Waals surface area contributed by atoms with E-state index in [2.05, 4.69) is 15.6 Å². The summed E-state index contributed by atoms with van der Waals surface area (Å²) in [6.07, 6.45) is 3.84. The molecule has 5 rings (SSSR count). The van der Waals surface area contributed by atoms with Gasteiger partial charge in [0.15, 0.2) is 11.4 Å². The molecule has 1 unspecified atom stereocenters. The maximum atomic E-state index is 13.7. The summed E-state index contributed by atoms with van der Waals surface area (Å²) in [6, 6.07) is 18.8. The van der Waals surface area contributed by atoms with Crippen molar-refractivity contribution in [1.82, 2.24) is 15.6 Å². The highest BCUT2D eigenvalue weighted by atomic mass is 16.5. The van der Waals surface area contributed by atoms with Crippen LogP contribution in [0.5, 0.6) is 11.5 Å². The SMILES string of the molecule is CC(C)[C@@H](C(=O)N[C@H]1c2ccccc2CC1O)[C@@H](O)[C@H](O)[C@H](CC1CCCCC1)NC(=O)c1ncccc1OCCOc1ccccc1. The van der Waals surface area contributed by atoms with E-state index < -0.39 is 48.1 Å². The third-order valence-electron chi connectivity index (χ3n) is 9.62. The van der Waals surface area contributed by atoms with Crippen molar-refractivity contribution in [3.8, 4) is 11.5 Å².